The standard InChI is InChI=1S/C12H17NO2S.ClH/c13-12(6-8-16(14,15)9-7-12)10-11-4-2-1-3-5-11;/h1-5H,6-10,13H2;1H. The molecule has 1 fully saturated rings. The molecular weight excluding hydrogens is 258 g/mol. The summed E-state index contributed by atoms with van der Waals surface area (Å²) in [6.07, 6.45) is 1.91. The second-order valence-electron chi connectivity index (χ2n) is 4.68. The third kappa shape index (κ3) is 3.98. The van der Waals surface area contributed by atoms with Gasteiger partial charge in [0.2, 0.25) is 0 Å². The van der Waals surface area contributed by atoms with Crippen molar-refractivity contribution in [2.45, 2.75) is 24.8 Å². The quantitative estimate of drug-likeness (QED) is 0.891. The highest BCUT2D eigenvalue weighted by Crippen LogP contribution is 2.25. The molecule has 96 valence electrons. The smallest absolute Gasteiger partial charge is 0.150 e. The maximum Gasteiger partial charge on any atom is 0.150 e. The Morgan fingerprint density at radius 3 is 2.18 bits per heavy atom. The molecule has 1 saturated heterocycles. The van der Waals surface area contributed by atoms with Crippen LogP contribution in [0.2, 0.25) is 0 Å². The number of nitrogens with two attached hydrogens (primary N) is 1. The summed E-state index contributed by atoms with van der Waals surface area (Å²) in [6, 6.07) is 10.0. The lowest BCUT2D eigenvalue weighted by atomic mass is 9.86. The molecule has 3 nitrogen and oxygen atoms in total. The number of rotatable bonds is 2. The fourth-order valence-electron chi connectivity index (χ4n) is 2.12. The first-order chi connectivity index (χ1) is 7.49. The van der Waals surface area contributed by atoms with E-state index in [1.54, 1.807) is 0 Å². The van der Waals surface area contributed by atoms with Crippen LogP contribution in [0.5, 0.6) is 0 Å². The van der Waals surface area contributed by atoms with Crippen LogP contribution in [0.4, 0.5) is 0 Å². The number of benzene rings is 1. The Labute approximate surface area is 109 Å². The van der Waals surface area contributed by atoms with Crippen molar-refractivity contribution in [3.8, 4) is 0 Å². The average Bonchev–Trinajstić information content (AvgIpc) is 2.25. The molecule has 2 N–H and O–H groups in total. The van der Waals surface area contributed by atoms with Crippen LogP contribution in [0.25, 0.3) is 0 Å². The maximum absolute atomic E-state index is 11.3. The van der Waals surface area contributed by atoms with E-state index in [-0.39, 0.29) is 29.5 Å². The first-order valence-corrected chi connectivity index (χ1v) is 7.35. The van der Waals surface area contributed by atoms with Gasteiger partial charge in [-0.3, -0.25) is 0 Å². The highest BCUT2D eigenvalue weighted by atomic mass is 35.5. The van der Waals surface area contributed by atoms with Crippen LogP contribution in [-0.4, -0.2) is 25.5 Å². The molecule has 5 heteroatoms. The van der Waals surface area contributed by atoms with E-state index in [0.29, 0.717) is 12.8 Å². The Bertz CT molecular complexity index is 445. The molecule has 0 amide bonds. The first kappa shape index (κ1) is 14.5. The minimum Gasteiger partial charge on any atom is -0.325 e. The van der Waals surface area contributed by atoms with Crippen molar-refractivity contribution in [3.63, 3.8) is 0 Å². The molecule has 0 bridgehead atoms. The molecule has 1 aromatic carbocycles. The molecule has 0 unspecified atom stereocenters. The van der Waals surface area contributed by atoms with Gasteiger partial charge in [-0.15, -0.1) is 12.4 Å². The van der Waals surface area contributed by atoms with Gasteiger partial charge in [-0.1, -0.05) is 30.3 Å². The molecule has 0 spiro atoms. The molecule has 2 rings (SSSR count). The summed E-state index contributed by atoms with van der Waals surface area (Å²) in [5, 5.41) is 0. The Kier molecular flexibility index (Phi) is 4.58. The van der Waals surface area contributed by atoms with Crippen molar-refractivity contribution in [2.24, 2.45) is 5.73 Å². The van der Waals surface area contributed by atoms with Crippen LogP contribution < -0.4 is 5.73 Å². The molecule has 1 heterocycles. The van der Waals surface area contributed by atoms with E-state index in [0.717, 1.165) is 6.42 Å². The topological polar surface area (TPSA) is 60.2 Å². The molecular formula is C12H18ClNO2S. The van der Waals surface area contributed by atoms with Gasteiger partial charge >= 0.3 is 0 Å². The lowest BCUT2D eigenvalue weighted by Gasteiger charge is -2.33. The van der Waals surface area contributed by atoms with Gasteiger partial charge in [0.1, 0.15) is 9.84 Å². The molecule has 1 aromatic rings. The van der Waals surface area contributed by atoms with Crippen molar-refractivity contribution in [2.75, 3.05) is 11.5 Å². The Hall–Kier alpha value is -0.580. The second kappa shape index (κ2) is 5.38. The van der Waals surface area contributed by atoms with Crippen molar-refractivity contribution in [1.82, 2.24) is 0 Å². The van der Waals surface area contributed by atoms with Gasteiger partial charge in [0.15, 0.2) is 0 Å². The van der Waals surface area contributed by atoms with Gasteiger partial charge in [-0.05, 0) is 24.8 Å². The lowest BCUT2D eigenvalue weighted by Crippen LogP contribution is -2.48. The zero-order valence-corrected chi connectivity index (χ0v) is 11.3. The van der Waals surface area contributed by atoms with E-state index < -0.39 is 9.84 Å². The predicted octanol–water partition coefficient (Wildman–Crippen LogP) is 1.56. The van der Waals surface area contributed by atoms with Crippen LogP contribution in [0.1, 0.15) is 18.4 Å². The largest absolute Gasteiger partial charge is 0.325 e. The molecule has 0 atom stereocenters. The molecule has 0 aliphatic carbocycles. The summed E-state index contributed by atoms with van der Waals surface area (Å²) in [5.41, 5.74) is 7.09. The van der Waals surface area contributed by atoms with Crippen LogP contribution in [0.3, 0.4) is 0 Å². The minimum absolute atomic E-state index is 0. The van der Waals surface area contributed by atoms with E-state index in [2.05, 4.69) is 0 Å². The summed E-state index contributed by atoms with van der Waals surface area (Å²) >= 11 is 0. The van der Waals surface area contributed by atoms with Crippen LogP contribution in [0, 0.1) is 0 Å². The van der Waals surface area contributed by atoms with Gasteiger partial charge in [-0.25, -0.2) is 8.42 Å². The van der Waals surface area contributed by atoms with Gasteiger partial charge in [0.25, 0.3) is 0 Å². The van der Waals surface area contributed by atoms with Crippen LogP contribution >= 0.6 is 12.4 Å². The van der Waals surface area contributed by atoms with Crippen molar-refractivity contribution in [3.05, 3.63) is 35.9 Å². The molecule has 1 aliphatic heterocycles. The molecule has 0 radical (unpaired) electrons. The molecule has 0 saturated carbocycles. The van der Waals surface area contributed by atoms with Gasteiger partial charge < -0.3 is 5.73 Å². The van der Waals surface area contributed by atoms with E-state index in [9.17, 15) is 8.42 Å². The number of sulfone groups is 1. The number of hydrogen-bond donors (Lipinski definition) is 1. The van der Waals surface area contributed by atoms with Crippen molar-refractivity contribution >= 4 is 22.2 Å². The number of halogens is 1. The average molecular weight is 276 g/mol. The van der Waals surface area contributed by atoms with Crippen LogP contribution in [0.15, 0.2) is 30.3 Å². The van der Waals surface area contributed by atoms with Crippen molar-refractivity contribution in [1.29, 1.82) is 0 Å². The first-order valence-electron chi connectivity index (χ1n) is 5.52. The van der Waals surface area contributed by atoms with Gasteiger partial charge in [0, 0.05) is 5.54 Å². The van der Waals surface area contributed by atoms with E-state index in [1.165, 1.54) is 5.56 Å². The van der Waals surface area contributed by atoms with E-state index in [4.69, 9.17) is 5.73 Å². The highest BCUT2D eigenvalue weighted by molar-refractivity contribution is 7.91. The third-order valence-corrected chi connectivity index (χ3v) is 4.87. The fraction of sp³-hybridized carbons (Fsp3) is 0.500. The molecule has 0 aromatic heterocycles. The van der Waals surface area contributed by atoms with Gasteiger partial charge in [-0.2, -0.15) is 0 Å². The number of hydrogen-bond acceptors (Lipinski definition) is 3. The Morgan fingerprint density at radius 1 is 1.12 bits per heavy atom. The third-order valence-electron chi connectivity index (χ3n) is 3.22. The zero-order chi connectivity index (χ0) is 11.6. The zero-order valence-electron chi connectivity index (χ0n) is 9.63. The predicted molar refractivity (Wildman–Crippen MR) is 72.2 cm³/mol. The fourth-order valence-corrected chi connectivity index (χ4v) is 3.76. The minimum atomic E-state index is -2.83. The highest BCUT2D eigenvalue weighted by Gasteiger charge is 2.33. The second-order valence-corrected chi connectivity index (χ2v) is 6.98. The monoisotopic (exact) mass is 275 g/mol. The van der Waals surface area contributed by atoms with Gasteiger partial charge in [0.05, 0.1) is 11.5 Å². The Morgan fingerprint density at radius 2 is 1.65 bits per heavy atom. The summed E-state index contributed by atoms with van der Waals surface area (Å²) in [5.74, 6) is 0.465. The van der Waals surface area contributed by atoms with E-state index in [1.807, 2.05) is 30.3 Å². The maximum atomic E-state index is 11.3. The normalized spacial score (nSPS) is 21.5. The molecule has 17 heavy (non-hydrogen) atoms. The Balaban J connectivity index is 0.00000144. The summed E-state index contributed by atoms with van der Waals surface area (Å²) < 4.78 is 22.7. The van der Waals surface area contributed by atoms with E-state index >= 15 is 0 Å². The molecule has 1 aliphatic rings. The van der Waals surface area contributed by atoms with Crippen LogP contribution in [-0.2, 0) is 16.3 Å². The summed E-state index contributed by atoms with van der Waals surface area (Å²) in [7, 11) is -2.83. The summed E-state index contributed by atoms with van der Waals surface area (Å²) in [4.78, 5) is 0. The van der Waals surface area contributed by atoms with Crippen molar-refractivity contribution < 1.29 is 8.42 Å². The SMILES string of the molecule is Cl.NC1(Cc2ccccc2)CCS(=O)(=O)CC1. The summed E-state index contributed by atoms with van der Waals surface area (Å²) in [6.45, 7) is 0. The lowest BCUT2D eigenvalue weighted by molar-refractivity contribution is 0.379.